The molecule has 8 rings (SSSR count). The molecular formula is C57H70Cl2N10O11S2. The summed E-state index contributed by atoms with van der Waals surface area (Å²) in [6.45, 7) is 17.7. The second-order valence-corrected chi connectivity index (χ2v) is 23.4. The lowest BCUT2D eigenvalue weighted by Gasteiger charge is -2.28. The van der Waals surface area contributed by atoms with Crippen LogP contribution in [0, 0.1) is 47.0 Å². The first-order valence-electron chi connectivity index (χ1n) is 27.0. The van der Waals surface area contributed by atoms with E-state index in [4.69, 9.17) is 71.5 Å². The molecule has 0 fully saturated rings. The number of carboxylic acids is 1. The Morgan fingerprint density at radius 3 is 1.30 bits per heavy atom. The molecule has 0 radical (unpaired) electrons. The van der Waals surface area contributed by atoms with Crippen molar-refractivity contribution in [2.75, 3.05) is 106 Å². The summed E-state index contributed by atoms with van der Waals surface area (Å²) in [5, 5.41) is 36.0. The Kier molecular flexibility index (Phi) is 22.5. The van der Waals surface area contributed by atoms with E-state index in [2.05, 4.69) is 58.7 Å². The van der Waals surface area contributed by atoms with E-state index in [0.29, 0.717) is 74.4 Å². The van der Waals surface area contributed by atoms with E-state index in [-0.39, 0.29) is 70.9 Å². The van der Waals surface area contributed by atoms with Crippen LogP contribution in [0.4, 0.5) is 0 Å². The number of aryl methyl sites for hydroxylation is 4. The third kappa shape index (κ3) is 16.1. The van der Waals surface area contributed by atoms with Crippen LogP contribution in [0.25, 0.3) is 10.0 Å². The monoisotopic (exact) mass is 1200 g/mol. The zero-order valence-electron chi connectivity index (χ0n) is 47.2. The number of rotatable bonds is 32. The Labute approximate surface area is 494 Å². The number of carbonyl (C=O) groups is 3. The first-order chi connectivity index (χ1) is 39.5. The molecule has 3 N–H and O–H groups in total. The van der Waals surface area contributed by atoms with Gasteiger partial charge in [-0.25, -0.2) is 4.79 Å². The summed E-state index contributed by atoms with van der Waals surface area (Å²) in [6.07, 6.45) is 0.135. The smallest absolute Gasteiger partial charge is 0.329 e. The number of hydrogen-bond donors (Lipinski definition) is 3. The normalized spacial score (nSPS) is 14.7. The lowest BCUT2D eigenvalue weighted by Crippen LogP contribution is -2.36. The van der Waals surface area contributed by atoms with Crippen LogP contribution in [0.3, 0.4) is 0 Å². The average molecular weight is 1210 g/mol. The Bertz CT molecular complexity index is 3010. The largest absolute Gasteiger partial charge is 0.480 e. The number of carbonyl (C=O) groups excluding carboxylic acids is 2. The number of thiophene rings is 2. The van der Waals surface area contributed by atoms with Crippen molar-refractivity contribution in [3.63, 3.8) is 0 Å². The van der Waals surface area contributed by atoms with Gasteiger partial charge in [0.05, 0.1) is 110 Å². The molecule has 6 heterocycles. The fourth-order valence-electron chi connectivity index (χ4n) is 9.31. The van der Waals surface area contributed by atoms with Crippen LogP contribution in [0.15, 0.2) is 58.5 Å². The molecule has 0 bridgehead atoms. The quantitative estimate of drug-likeness (QED) is 0.0341. The first kappa shape index (κ1) is 62.2. The number of halogens is 2. The van der Waals surface area contributed by atoms with Gasteiger partial charge in [0, 0.05) is 60.6 Å². The van der Waals surface area contributed by atoms with E-state index in [1.807, 2.05) is 78.4 Å². The summed E-state index contributed by atoms with van der Waals surface area (Å²) in [6, 6.07) is 14.0. The van der Waals surface area contributed by atoms with E-state index < -0.39 is 30.1 Å². The maximum Gasteiger partial charge on any atom is 0.329 e. The minimum atomic E-state index is -1.07. The zero-order chi connectivity index (χ0) is 58.3. The van der Waals surface area contributed by atoms with Crippen molar-refractivity contribution in [1.82, 2.24) is 40.2 Å². The summed E-state index contributed by atoms with van der Waals surface area (Å²) in [5.41, 5.74) is 6.94. The number of aliphatic imine (C=N–C) groups is 2. The number of nitrogens with one attached hydrogen (secondary N) is 2. The van der Waals surface area contributed by atoms with Gasteiger partial charge in [-0.05, 0) is 76.9 Å². The zero-order valence-corrected chi connectivity index (χ0v) is 50.3. The molecule has 2 aliphatic heterocycles. The first-order valence-corrected chi connectivity index (χ1v) is 29.4. The van der Waals surface area contributed by atoms with Gasteiger partial charge in [-0.1, -0.05) is 54.4 Å². The number of aromatic nitrogens is 6. The second kappa shape index (κ2) is 29.6. The van der Waals surface area contributed by atoms with Gasteiger partial charge in [-0.3, -0.25) is 28.7 Å². The predicted octanol–water partition coefficient (Wildman–Crippen LogP) is 7.83. The summed E-state index contributed by atoms with van der Waals surface area (Å²) >= 11 is 15.8. The van der Waals surface area contributed by atoms with Crippen molar-refractivity contribution in [1.29, 1.82) is 0 Å². The highest BCUT2D eigenvalue weighted by Gasteiger charge is 2.35. The predicted molar refractivity (Wildman–Crippen MR) is 313 cm³/mol. The molecule has 82 heavy (non-hydrogen) atoms. The van der Waals surface area contributed by atoms with Crippen molar-refractivity contribution in [2.24, 2.45) is 15.4 Å². The molecule has 6 aromatic rings. The van der Waals surface area contributed by atoms with E-state index in [9.17, 15) is 14.4 Å². The van der Waals surface area contributed by atoms with E-state index >= 15 is 0 Å². The maximum absolute atomic E-state index is 13.3. The number of ether oxygens (including phenoxy) is 7. The molecule has 0 saturated carbocycles. The number of carboxylic acid groups (broad SMARTS) is 1. The number of nitrogens with zero attached hydrogens (tertiary/aromatic N) is 8. The molecule has 0 saturated heterocycles. The summed E-state index contributed by atoms with van der Waals surface area (Å²) < 4.78 is 44.1. The minimum Gasteiger partial charge on any atom is -0.480 e. The highest BCUT2D eigenvalue weighted by atomic mass is 35.5. The summed E-state index contributed by atoms with van der Waals surface area (Å²) in [5.74, 6) is 1.19. The van der Waals surface area contributed by atoms with Crippen molar-refractivity contribution in [3.8, 4) is 10.0 Å². The maximum atomic E-state index is 13.3. The van der Waals surface area contributed by atoms with Gasteiger partial charge in [-0.2, -0.15) is 0 Å². The second-order valence-electron chi connectivity index (χ2n) is 20.2. The molecule has 25 heteroatoms. The van der Waals surface area contributed by atoms with Crippen molar-refractivity contribution in [3.05, 3.63) is 125 Å². The standard InChI is InChI=1S/C57H70Cl2N10O11S2/c1-34-36(3)81-55-49(34)51(40-8-12-42(58)13-9-40)62-44(53-66-64-38(5)68(53)55)28-46(70)60-16-18-74-20-22-76-24-26-78-31-57(7,33-80-30-48(72)73)32-79-27-25-77-23-21-75-19-17-61-47(71)29-45-54-67-65-39(6)69(54)56-50(35(2)37(4)82-56)52(63-45)41-10-14-43(59)15-11-41/h8-15,44-45H,16-33H2,1-7H3,(H,60,70)(H,61,71)(H,72,73)/t44-,45-/m1/s1. The van der Waals surface area contributed by atoms with E-state index in [1.54, 1.807) is 22.7 Å². The van der Waals surface area contributed by atoms with E-state index in [0.717, 1.165) is 76.2 Å². The van der Waals surface area contributed by atoms with Crippen LogP contribution in [-0.2, 0) is 47.5 Å². The Morgan fingerprint density at radius 2 is 0.915 bits per heavy atom. The molecule has 21 nitrogen and oxygen atoms in total. The van der Waals surface area contributed by atoms with Gasteiger partial charge in [-0.15, -0.1) is 43.1 Å². The Morgan fingerprint density at radius 1 is 0.549 bits per heavy atom. The third-order valence-electron chi connectivity index (χ3n) is 13.7. The minimum absolute atomic E-state index is 0.0677. The van der Waals surface area contributed by atoms with Crippen LogP contribution in [0.5, 0.6) is 0 Å². The Hall–Kier alpha value is -5.83. The summed E-state index contributed by atoms with van der Waals surface area (Å²) in [7, 11) is 0. The fraction of sp³-hybridized carbons (Fsp3) is 0.491. The molecule has 2 aliphatic rings. The molecule has 2 aromatic carbocycles. The fourth-order valence-corrected chi connectivity index (χ4v) is 12.0. The highest BCUT2D eigenvalue weighted by molar-refractivity contribution is 7.15. The van der Waals surface area contributed by atoms with Gasteiger partial charge >= 0.3 is 5.97 Å². The van der Waals surface area contributed by atoms with Crippen LogP contribution in [0.2, 0.25) is 10.0 Å². The van der Waals surface area contributed by atoms with Gasteiger partial charge in [0.2, 0.25) is 11.8 Å². The molecule has 440 valence electrons. The van der Waals surface area contributed by atoms with Crippen LogP contribution >= 0.6 is 45.9 Å². The Balaban J connectivity index is 0.676. The number of fused-ring (bicyclic) bond motifs is 6. The lowest BCUT2D eigenvalue weighted by atomic mass is 9.94. The number of benzene rings is 2. The van der Waals surface area contributed by atoms with Crippen molar-refractivity contribution >= 4 is 75.1 Å². The van der Waals surface area contributed by atoms with Gasteiger partial charge in [0.1, 0.15) is 40.3 Å². The lowest BCUT2D eigenvalue weighted by molar-refractivity contribution is -0.145. The SMILES string of the molecule is Cc1sc2c(c1C)C(c1ccc(Cl)cc1)=N[C@H](CC(=O)NCCOCCOCCOCC(C)(COCCOCCOCCNC(=O)C[C@H]1N=C(c3ccc(Cl)cc3)c3c(sc(C)c3C)-n3c(C)nnc31)COCC(=O)O)c1nnc(C)n1-2. The number of aliphatic carboxylic acids is 1. The van der Waals surface area contributed by atoms with E-state index in [1.165, 1.54) is 0 Å². The highest BCUT2D eigenvalue weighted by Crippen LogP contribution is 2.41. The van der Waals surface area contributed by atoms with Gasteiger partial charge in [0.25, 0.3) is 0 Å². The van der Waals surface area contributed by atoms with Crippen LogP contribution < -0.4 is 10.6 Å². The van der Waals surface area contributed by atoms with Crippen LogP contribution in [0.1, 0.15) is 98.3 Å². The molecular weight excluding hydrogens is 1140 g/mol. The number of hydrogen-bond acceptors (Lipinski definition) is 18. The molecule has 0 unspecified atom stereocenters. The van der Waals surface area contributed by atoms with Crippen molar-refractivity contribution < 1.29 is 52.6 Å². The topological polar surface area (TPSA) is 246 Å². The average Bonchev–Trinajstić information content (AvgIpc) is 4.14. The van der Waals surface area contributed by atoms with Crippen molar-refractivity contribution in [2.45, 2.75) is 73.4 Å². The van der Waals surface area contributed by atoms with Gasteiger partial charge < -0.3 is 48.9 Å². The molecule has 0 spiro atoms. The molecule has 2 atom stereocenters. The number of amides is 2. The molecule has 2 amide bonds. The molecule has 0 aliphatic carbocycles. The van der Waals surface area contributed by atoms with Crippen LogP contribution in [-0.4, -0.2) is 169 Å². The third-order valence-corrected chi connectivity index (χ3v) is 16.6. The molecule has 4 aromatic heterocycles. The van der Waals surface area contributed by atoms with Gasteiger partial charge in [0.15, 0.2) is 11.6 Å². The summed E-state index contributed by atoms with van der Waals surface area (Å²) in [4.78, 5) is 50.5.